The number of anilines is 3. The molecule has 0 aliphatic heterocycles. The molecule has 0 saturated heterocycles. The van der Waals surface area contributed by atoms with Crippen LogP contribution in [0.5, 0.6) is 0 Å². The van der Waals surface area contributed by atoms with Crippen molar-refractivity contribution in [1.29, 1.82) is 0 Å². The zero-order chi connectivity index (χ0) is 28.7. The molecule has 0 unspecified atom stereocenters. The summed E-state index contributed by atoms with van der Waals surface area (Å²) in [5.41, 5.74) is 8.97. The fourth-order valence-corrected chi connectivity index (χ4v) is 8.46. The lowest BCUT2D eigenvalue weighted by molar-refractivity contribution is 0.661. The van der Waals surface area contributed by atoms with E-state index in [1.54, 1.807) is 0 Å². The first kappa shape index (κ1) is 24.7. The quantitative estimate of drug-likeness (QED) is 0.192. The molecule has 0 N–H and O–H groups in total. The number of rotatable bonds is 3. The molecule has 1 nitrogen and oxygen atoms in total. The van der Waals surface area contributed by atoms with E-state index in [4.69, 9.17) is 0 Å². The molecule has 9 rings (SSSR count). The summed E-state index contributed by atoms with van der Waals surface area (Å²) < 4.78 is 2.63. The molecular formula is C41H29NS. The third kappa shape index (κ3) is 3.57. The van der Waals surface area contributed by atoms with E-state index in [-0.39, 0.29) is 5.41 Å². The lowest BCUT2D eigenvalue weighted by Gasteiger charge is -2.28. The molecule has 1 aromatic heterocycles. The van der Waals surface area contributed by atoms with Crippen LogP contribution in [-0.2, 0) is 5.41 Å². The van der Waals surface area contributed by atoms with E-state index in [0.29, 0.717) is 0 Å². The Hall–Kier alpha value is -4.92. The summed E-state index contributed by atoms with van der Waals surface area (Å²) in [7, 11) is 0. The number of fused-ring (bicyclic) bond motifs is 9. The SMILES string of the molecule is CC1(C)c2ccccc2-c2cc3c(N(c4ccccc4)c4ccc5c(c4)sc4ccccc45)cc4ccccc4c3cc21. The minimum Gasteiger partial charge on any atom is -0.310 e. The highest BCUT2D eigenvalue weighted by atomic mass is 32.1. The minimum absolute atomic E-state index is 0.0530. The Balaban J connectivity index is 1.38. The highest BCUT2D eigenvalue weighted by Gasteiger charge is 2.36. The van der Waals surface area contributed by atoms with Crippen molar-refractivity contribution < 1.29 is 0 Å². The van der Waals surface area contributed by atoms with Crippen LogP contribution in [0.2, 0.25) is 0 Å². The van der Waals surface area contributed by atoms with E-state index in [2.05, 4.69) is 158 Å². The molecule has 0 fully saturated rings. The second-order valence-electron chi connectivity index (χ2n) is 12.2. The average molecular weight is 568 g/mol. The molecular weight excluding hydrogens is 539 g/mol. The van der Waals surface area contributed by atoms with Gasteiger partial charge in [0.25, 0.3) is 0 Å². The van der Waals surface area contributed by atoms with Crippen LogP contribution < -0.4 is 4.90 Å². The smallest absolute Gasteiger partial charge is 0.0546 e. The maximum atomic E-state index is 2.48. The van der Waals surface area contributed by atoms with E-state index >= 15 is 0 Å². The number of hydrogen-bond acceptors (Lipinski definition) is 2. The molecule has 1 heterocycles. The summed E-state index contributed by atoms with van der Waals surface area (Å²) in [6.07, 6.45) is 0. The second kappa shape index (κ2) is 9.04. The number of nitrogens with zero attached hydrogens (tertiary/aromatic N) is 1. The summed E-state index contributed by atoms with van der Waals surface area (Å²) in [4.78, 5) is 2.46. The molecule has 0 radical (unpaired) electrons. The Labute approximate surface area is 255 Å². The van der Waals surface area contributed by atoms with Crippen LogP contribution in [-0.4, -0.2) is 0 Å². The monoisotopic (exact) mass is 567 g/mol. The van der Waals surface area contributed by atoms with Crippen molar-refractivity contribution in [3.8, 4) is 11.1 Å². The van der Waals surface area contributed by atoms with Crippen molar-refractivity contribution in [2.75, 3.05) is 4.90 Å². The first-order valence-electron chi connectivity index (χ1n) is 14.9. The van der Waals surface area contributed by atoms with E-state index in [9.17, 15) is 0 Å². The van der Waals surface area contributed by atoms with Crippen molar-refractivity contribution in [1.82, 2.24) is 0 Å². The summed E-state index contributed by atoms with van der Waals surface area (Å²) in [5, 5.41) is 7.76. The fraction of sp³-hybridized carbons (Fsp3) is 0.0732. The zero-order valence-corrected chi connectivity index (χ0v) is 25.0. The predicted octanol–water partition coefficient (Wildman–Crippen LogP) is 12.1. The van der Waals surface area contributed by atoms with Gasteiger partial charge in [-0.15, -0.1) is 11.3 Å². The Kier molecular flexibility index (Phi) is 5.18. The summed E-state index contributed by atoms with van der Waals surface area (Å²) in [5.74, 6) is 0. The molecule has 0 amide bonds. The summed E-state index contributed by atoms with van der Waals surface area (Å²) in [6.45, 7) is 4.73. The van der Waals surface area contributed by atoms with Crippen LogP contribution >= 0.6 is 11.3 Å². The Morgan fingerprint density at radius 2 is 1.19 bits per heavy atom. The van der Waals surface area contributed by atoms with Gasteiger partial charge < -0.3 is 4.90 Å². The maximum absolute atomic E-state index is 2.48. The van der Waals surface area contributed by atoms with E-state index in [1.165, 1.54) is 75.3 Å². The molecule has 7 aromatic carbocycles. The van der Waals surface area contributed by atoms with Gasteiger partial charge in [0.2, 0.25) is 0 Å². The van der Waals surface area contributed by atoms with E-state index < -0.39 is 0 Å². The van der Waals surface area contributed by atoms with Crippen LogP contribution in [0, 0.1) is 0 Å². The lowest BCUT2D eigenvalue weighted by Crippen LogP contribution is -2.15. The van der Waals surface area contributed by atoms with Gasteiger partial charge in [-0.1, -0.05) is 105 Å². The first-order chi connectivity index (χ1) is 21.1. The van der Waals surface area contributed by atoms with Crippen molar-refractivity contribution in [2.45, 2.75) is 19.3 Å². The maximum Gasteiger partial charge on any atom is 0.0546 e. The van der Waals surface area contributed by atoms with Crippen LogP contribution in [0.4, 0.5) is 17.1 Å². The number of thiophene rings is 1. The van der Waals surface area contributed by atoms with Gasteiger partial charge in [-0.25, -0.2) is 0 Å². The molecule has 1 aliphatic carbocycles. The molecule has 0 atom stereocenters. The van der Waals surface area contributed by atoms with Crippen LogP contribution in [0.1, 0.15) is 25.0 Å². The standard InChI is InChI=1S/C41H29NS/c1-41(2)36-18-10-8-16-30(36)34-24-35-33(25-37(34)41)29-15-7-6-12-26(29)22-38(35)42(27-13-4-3-5-14-27)28-20-21-32-31-17-9-11-19-39(31)43-40(32)23-28/h3-25H,1-2H3. The second-order valence-corrected chi connectivity index (χ2v) is 13.3. The highest BCUT2D eigenvalue weighted by molar-refractivity contribution is 7.25. The van der Waals surface area contributed by atoms with E-state index in [1.807, 2.05) is 11.3 Å². The molecule has 43 heavy (non-hydrogen) atoms. The largest absolute Gasteiger partial charge is 0.310 e. The van der Waals surface area contributed by atoms with Crippen molar-refractivity contribution >= 4 is 70.1 Å². The van der Waals surface area contributed by atoms with Gasteiger partial charge in [0.15, 0.2) is 0 Å². The first-order valence-corrected chi connectivity index (χ1v) is 15.8. The topological polar surface area (TPSA) is 3.24 Å². The van der Waals surface area contributed by atoms with Crippen LogP contribution in [0.15, 0.2) is 140 Å². The fourth-order valence-electron chi connectivity index (χ4n) is 7.32. The summed E-state index contributed by atoms with van der Waals surface area (Å²) >= 11 is 1.87. The number of hydrogen-bond donors (Lipinski definition) is 0. The third-order valence-corrected chi connectivity index (χ3v) is 10.6. The Morgan fingerprint density at radius 3 is 2.07 bits per heavy atom. The lowest BCUT2D eigenvalue weighted by atomic mass is 9.81. The molecule has 8 aromatic rings. The molecule has 1 aliphatic rings. The molecule has 0 bridgehead atoms. The molecule has 2 heteroatoms. The van der Waals surface area contributed by atoms with Gasteiger partial charge >= 0.3 is 0 Å². The van der Waals surface area contributed by atoms with Crippen molar-refractivity contribution in [3.05, 3.63) is 151 Å². The number of benzene rings is 7. The molecule has 204 valence electrons. The average Bonchev–Trinajstić information content (AvgIpc) is 3.53. The Bertz CT molecular complexity index is 2380. The Morgan fingerprint density at radius 1 is 0.465 bits per heavy atom. The van der Waals surface area contributed by atoms with E-state index in [0.717, 1.165) is 5.69 Å². The van der Waals surface area contributed by atoms with Gasteiger partial charge in [-0.2, -0.15) is 0 Å². The predicted molar refractivity (Wildman–Crippen MR) is 187 cm³/mol. The van der Waals surface area contributed by atoms with Crippen molar-refractivity contribution in [2.24, 2.45) is 0 Å². The van der Waals surface area contributed by atoms with Gasteiger partial charge in [0, 0.05) is 42.3 Å². The molecule has 0 spiro atoms. The van der Waals surface area contributed by atoms with Gasteiger partial charge in [-0.3, -0.25) is 0 Å². The van der Waals surface area contributed by atoms with Crippen LogP contribution in [0.25, 0.3) is 52.8 Å². The zero-order valence-electron chi connectivity index (χ0n) is 24.1. The normalized spacial score (nSPS) is 13.5. The number of para-hydroxylation sites is 1. The third-order valence-electron chi connectivity index (χ3n) is 9.42. The summed E-state index contributed by atoms with van der Waals surface area (Å²) in [6, 6.07) is 51.7. The van der Waals surface area contributed by atoms with Gasteiger partial charge in [0.1, 0.15) is 0 Å². The molecule has 0 saturated carbocycles. The van der Waals surface area contributed by atoms with Crippen LogP contribution in [0.3, 0.4) is 0 Å². The minimum atomic E-state index is -0.0530. The van der Waals surface area contributed by atoms with Gasteiger partial charge in [-0.05, 0) is 86.9 Å². The van der Waals surface area contributed by atoms with Gasteiger partial charge in [0.05, 0.1) is 5.69 Å². The highest BCUT2D eigenvalue weighted by Crippen LogP contribution is 2.52. The van der Waals surface area contributed by atoms with Crippen molar-refractivity contribution in [3.63, 3.8) is 0 Å².